The highest BCUT2D eigenvalue weighted by atomic mass is 32.2. The van der Waals surface area contributed by atoms with Gasteiger partial charge in [-0.05, 0) is 43.4 Å². The van der Waals surface area contributed by atoms with Gasteiger partial charge in [0.2, 0.25) is 0 Å². The van der Waals surface area contributed by atoms with Gasteiger partial charge in [-0.3, -0.25) is 0 Å². The third kappa shape index (κ3) is 3.78. The van der Waals surface area contributed by atoms with Gasteiger partial charge < -0.3 is 9.47 Å². The minimum atomic E-state index is -3.42. The topological polar surface area (TPSA) is 59.1 Å². The van der Waals surface area contributed by atoms with Crippen LogP contribution in [0.15, 0.2) is 18.2 Å². The Bertz CT molecular complexity index is 684. The van der Waals surface area contributed by atoms with E-state index in [-0.39, 0.29) is 6.04 Å². The highest BCUT2D eigenvalue weighted by molar-refractivity contribution is 7.86. The number of hydrogen-bond acceptors (Lipinski definition) is 4. The number of hydrogen-bond donors (Lipinski definition) is 0. The van der Waals surface area contributed by atoms with E-state index in [9.17, 15) is 8.42 Å². The van der Waals surface area contributed by atoms with E-state index in [1.165, 1.54) is 0 Å². The molecule has 1 aromatic rings. The predicted molar refractivity (Wildman–Crippen MR) is 97.2 cm³/mol. The molecule has 0 saturated carbocycles. The quantitative estimate of drug-likeness (QED) is 0.802. The van der Waals surface area contributed by atoms with Crippen molar-refractivity contribution in [2.24, 2.45) is 0 Å². The minimum absolute atomic E-state index is 0.131. The summed E-state index contributed by atoms with van der Waals surface area (Å²) >= 11 is 0. The van der Waals surface area contributed by atoms with Crippen molar-refractivity contribution in [2.75, 3.05) is 33.9 Å². The second-order valence-corrected chi connectivity index (χ2v) is 8.59. The fourth-order valence-electron chi connectivity index (χ4n) is 3.83. The number of ether oxygens (including phenoxy) is 2. The van der Waals surface area contributed by atoms with Gasteiger partial charge in [-0.1, -0.05) is 18.9 Å². The Morgan fingerprint density at radius 2 is 1.60 bits per heavy atom. The SMILES string of the molecule is COc1ccc(C2CCCN2S(=O)(=O)N2CCCCCC2)cc1OC. The Morgan fingerprint density at radius 1 is 0.920 bits per heavy atom. The molecule has 2 heterocycles. The molecular formula is C18H28N2O4S. The van der Waals surface area contributed by atoms with Gasteiger partial charge in [-0.25, -0.2) is 0 Å². The molecule has 2 fully saturated rings. The molecule has 0 aliphatic carbocycles. The Labute approximate surface area is 150 Å². The highest BCUT2D eigenvalue weighted by Gasteiger charge is 2.39. The Morgan fingerprint density at radius 3 is 2.24 bits per heavy atom. The fourth-order valence-corrected chi connectivity index (χ4v) is 5.75. The zero-order valence-corrected chi connectivity index (χ0v) is 15.9. The zero-order chi connectivity index (χ0) is 17.9. The summed E-state index contributed by atoms with van der Waals surface area (Å²) < 4.78 is 40.4. The molecule has 0 N–H and O–H groups in total. The van der Waals surface area contributed by atoms with Crippen molar-refractivity contribution in [1.82, 2.24) is 8.61 Å². The van der Waals surface area contributed by atoms with E-state index in [2.05, 4.69) is 0 Å². The van der Waals surface area contributed by atoms with Crippen molar-refractivity contribution in [1.29, 1.82) is 0 Å². The average molecular weight is 368 g/mol. The van der Waals surface area contributed by atoms with Crippen LogP contribution in [0.3, 0.4) is 0 Å². The van der Waals surface area contributed by atoms with Crippen LogP contribution < -0.4 is 9.47 Å². The molecular weight excluding hydrogens is 340 g/mol. The molecule has 2 aliphatic heterocycles. The maximum atomic E-state index is 13.2. The standard InChI is InChI=1S/C18H28N2O4S/c1-23-17-10-9-15(14-18(17)24-2)16-8-7-13-20(16)25(21,22)19-11-5-3-4-6-12-19/h9-10,14,16H,3-8,11-13H2,1-2H3. The summed E-state index contributed by atoms with van der Waals surface area (Å²) in [5.74, 6) is 1.30. The van der Waals surface area contributed by atoms with Crippen molar-refractivity contribution >= 4 is 10.2 Å². The van der Waals surface area contributed by atoms with Gasteiger partial charge in [0.05, 0.1) is 20.3 Å². The number of benzene rings is 1. The van der Waals surface area contributed by atoms with Crippen LogP contribution in [0.4, 0.5) is 0 Å². The zero-order valence-electron chi connectivity index (χ0n) is 15.1. The smallest absolute Gasteiger partial charge is 0.282 e. The predicted octanol–water partition coefficient (Wildman–Crippen LogP) is 2.96. The monoisotopic (exact) mass is 368 g/mol. The first-order valence-corrected chi connectivity index (χ1v) is 10.5. The molecule has 2 saturated heterocycles. The fraction of sp³-hybridized carbons (Fsp3) is 0.667. The van der Waals surface area contributed by atoms with Crippen LogP contribution in [0.1, 0.15) is 50.1 Å². The average Bonchev–Trinajstić information content (AvgIpc) is 2.96. The second-order valence-electron chi connectivity index (χ2n) is 6.70. The summed E-state index contributed by atoms with van der Waals surface area (Å²) in [6.07, 6.45) is 5.85. The molecule has 25 heavy (non-hydrogen) atoms. The summed E-state index contributed by atoms with van der Waals surface area (Å²) in [6, 6.07) is 5.57. The lowest BCUT2D eigenvalue weighted by molar-refractivity contribution is 0.328. The van der Waals surface area contributed by atoms with Crippen molar-refractivity contribution in [3.8, 4) is 11.5 Å². The molecule has 0 spiro atoms. The van der Waals surface area contributed by atoms with E-state index in [1.807, 2.05) is 18.2 Å². The third-order valence-corrected chi connectivity index (χ3v) is 7.23. The van der Waals surface area contributed by atoms with Crippen LogP contribution in [0.2, 0.25) is 0 Å². The lowest BCUT2D eigenvalue weighted by Crippen LogP contribution is -2.43. The van der Waals surface area contributed by atoms with Gasteiger partial charge in [-0.2, -0.15) is 17.0 Å². The van der Waals surface area contributed by atoms with Crippen LogP contribution in [0, 0.1) is 0 Å². The minimum Gasteiger partial charge on any atom is -0.493 e. The molecule has 3 rings (SSSR count). The normalized spacial score (nSPS) is 23.4. The van der Waals surface area contributed by atoms with Gasteiger partial charge in [0.25, 0.3) is 10.2 Å². The number of nitrogens with zero attached hydrogens (tertiary/aromatic N) is 2. The molecule has 6 nitrogen and oxygen atoms in total. The first-order chi connectivity index (χ1) is 12.1. The molecule has 140 valence electrons. The van der Waals surface area contributed by atoms with Gasteiger partial charge in [0, 0.05) is 19.6 Å². The van der Waals surface area contributed by atoms with Crippen LogP contribution in [-0.2, 0) is 10.2 Å². The van der Waals surface area contributed by atoms with E-state index in [0.29, 0.717) is 31.1 Å². The summed E-state index contributed by atoms with van der Waals surface area (Å²) in [6.45, 7) is 1.85. The van der Waals surface area contributed by atoms with Crippen LogP contribution >= 0.6 is 0 Å². The van der Waals surface area contributed by atoms with Gasteiger partial charge >= 0.3 is 0 Å². The molecule has 1 unspecified atom stereocenters. The number of rotatable bonds is 5. The Kier molecular flexibility index (Phi) is 5.86. The number of methoxy groups -OCH3 is 2. The second kappa shape index (κ2) is 7.93. The molecule has 1 atom stereocenters. The molecule has 0 amide bonds. The van der Waals surface area contributed by atoms with E-state index in [1.54, 1.807) is 22.8 Å². The van der Waals surface area contributed by atoms with E-state index in [0.717, 1.165) is 44.1 Å². The van der Waals surface area contributed by atoms with Crippen LogP contribution in [0.5, 0.6) is 11.5 Å². The lowest BCUT2D eigenvalue weighted by Gasteiger charge is -2.30. The van der Waals surface area contributed by atoms with Crippen molar-refractivity contribution in [2.45, 2.75) is 44.6 Å². The maximum Gasteiger partial charge on any atom is 0.282 e. The Balaban J connectivity index is 1.87. The molecule has 2 aliphatic rings. The summed E-state index contributed by atoms with van der Waals surface area (Å²) in [4.78, 5) is 0. The molecule has 1 aromatic carbocycles. The van der Waals surface area contributed by atoms with E-state index >= 15 is 0 Å². The molecule has 0 aromatic heterocycles. The third-order valence-electron chi connectivity index (χ3n) is 5.18. The van der Waals surface area contributed by atoms with Crippen molar-refractivity contribution in [3.63, 3.8) is 0 Å². The first-order valence-electron chi connectivity index (χ1n) is 9.07. The largest absolute Gasteiger partial charge is 0.493 e. The molecule has 0 radical (unpaired) electrons. The van der Waals surface area contributed by atoms with Gasteiger partial charge in [-0.15, -0.1) is 0 Å². The van der Waals surface area contributed by atoms with E-state index < -0.39 is 10.2 Å². The van der Waals surface area contributed by atoms with E-state index in [4.69, 9.17) is 9.47 Å². The van der Waals surface area contributed by atoms with Crippen molar-refractivity contribution in [3.05, 3.63) is 23.8 Å². The Hall–Kier alpha value is -1.31. The summed E-state index contributed by atoms with van der Waals surface area (Å²) in [5.41, 5.74) is 0.966. The van der Waals surface area contributed by atoms with Crippen molar-refractivity contribution < 1.29 is 17.9 Å². The first kappa shape index (κ1) is 18.5. The highest BCUT2D eigenvalue weighted by Crippen LogP contribution is 2.39. The molecule has 7 heteroatoms. The van der Waals surface area contributed by atoms with Gasteiger partial charge in [0.1, 0.15) is 0 Å². The van der Waals surface area contributed by atoms with Gasteiger partial charge in [0.15, 0.2) is 11.5 Å². The van der Waals surface area contributed by atoms with Crippen LogP contribution in [-0.4, -0.2) is 50.9 Å². The summed E-state index contributed by atoms with van der Waals surface area (Å²) in [7, 11) is -0.223. The lowest BCUT2D eigenvalue weighted by atomic mass is 10.0. The molecule has 0 bridgehead atoms. The maximum absolute atomic E-state index is 13.2. The summed E-state index contributed by atoms with van der Waals surface area (Å²) in [5, 5.41) is 0. The van der Waals surface area contributed by atoms with Crippen LogP contribution in [0.25, 0.3) is 0 Å².